The van der Waals surface area contributed by atoms with Crippen LogP contribution < -0.4 is 4.74 Å². The van der Waals surface area contributed by atoms with Crippen LogP contribution >= 0.6 is 0 Å². The standard InChI is InChI=1S/C18H19NOSe/c1-11(2)15-10-21-16-5-6-19-18(17(15)16)20-14-8-12(3)7-13(4)9-14/h5-11H,1-4H3. The van der Waals surface area contributed by atoms with Crippen molar-refractivity contribution in [2.45, 2.75) is 33.6 Å². The van der Waals surface area contributed by atoms with Gasteiger partial charge in [0.2, 0.25) is 0 Å². The van der Waals surface area contributed by atoms with Crippen LogP contribution in [0.1, 0.15) is 36.5 Å². The van der Waals surface area contributed by atoms with Gasteiger partial charge in [-0.15, -0.1) is 0 Å². The summed E-state index contributed by atoms with van der Waals surface area (Å²) in [6.45, 7) is 8.63. The molecule has 0 saturated carbocycles. The second kappa shape index (κ2) is 5.67. The maximum absolute atomic E-state index is 6.12. The number of ether oxygens (including phenoxy) is 1. The van der Waals surface area contributed by atoms with Gasteiger partial charge in [-0.3, -0.25) is 0 Å². The summed E-state index contributed by atoms with van der Waals surface area (Å²) in [6, 6.07) is 8.40. The van der Waals surface area contributed by atoms with Gasteiger partial charge < -0.3 is 0 Å². The van der Waals surface area contributed by atoms with E-state index in [1.165, 1.54) is 26.3 Å². The van der Waals surface area contributed by atoms with Gasteiger partial charge in [-0.1, -0.05) is 0 Å². The Morgan fingerprint density at radius 2 is 1.81 bits per heavy atom. The Morgan fingerprint density at radius 3 is 2.48 bits per heavy atom. The van der Waals surface area contributed by atoms with Gasteiger partial charge in [0.1, 0.15) is 0 Å². The summed E-state index contributed by atoms with van der Waals surface area (Å²) in [6.07, 6.45) is 1.86. The van der Waals surface area contributed by atoms with Crippen molar-refractivity contribution in [2.24, 2.45) is 0 Å². The summed E-state index contributed by atoms with van der Waals surface area (Å²) in [4.78, 5) is 6.84. The van der Waals surface area contributed by atoms with Crippen molar-refractivity contribution >= 4 is 24.1 Å². The van der Waals surface area contributed by atoms with Crippen LogP contribution in [0.5, 0.6) is 11.6 Å². The number of fused-ring (bicyclic) bond motifs is 1. The third kappa shape index (κ3) is 2.90. The molecule has 21 heavy (non-hydrogen) atoms. The topological polar surface area (TPSA) is 22.1 Å². The zero-order chi connectivity index (χ0) is 15.0. The first-order chi connectivity index (χ1) is 10.0. The van der Waals surface area contributed by atoms with E-state index in [0.29, 0.717) is 20.4 Å². The van der Waals surface area contributed by atoms with Gasteiger partial charge in [-0.2, -0.15) is 0 Å². The van der Waals surface area contributed by atoms with E-state index in [9.17, 15) is 0 Å². The molecule has 0 radical (unpaired) electrons. The third-order valence-electron chi connectivity index (χ3n) is 3.51. The fourth-order valence-corrected chi connectivity index (χ4v) is 4.90. The molecule has 0 unspecified atom stereocenters. The van der Waals surface area contributed by atoms with E-state index in [4.69, 9.17) is 4.74 Å². The van der Waals surface area contributed by atoms with Crippen LogP contribution in [0.25, 0.3) is 9.65 Å². The van der Waals surface area contributed by atoms with Crippen molar-refractivity contribution < 1.29 is 4.74 Å². The Bertz CT molecular complexity index is 769. The maximum atomic E-state index is 6.12. The number of nitrogens with zero attached hydrogens (tertiary/aromatic N) is 1. The zero-order valence-electron chi connectivity index (χ0n) is 12.8. The molecule has 3 rings (SSSR count). The van der Waals surface area contributed by atoms with Gasteiger partial charge in [-0.05, 0) is 0 Å². The number of aryl methyl sites for hydroxylation is 2. The molecular formula is C18H19NOSe. The second-order valence-corrected chi connectivity index (χ2v) is 7.67. The van der Waals surface area contributed by atoms with Gasteiger partial charge >= 0.3 is 131 Å². The second-order valence-electron chi connectivity index (χ2n) is 5.76. The first-order valence-electron chi connectivity index (χ1n) is 7.17. The molecule has 0 fully saturated rings. The van der Waals surface area contributed by atoms with E-state index in [2.05, 4.69) is 61.9 Å². The SMILES string of the molecule is Cc1cc(C)cc(Oc2nccc3[se]cc(C(C)C)c23)c1. The van der Waals surface area contributed by atoms with Crippen LogP contribution in [0.2, 0.25) is 0 Å². The minimum absolute atomic E-state index is 0.401. The molecule has 3 aromatic rings. The summed E-state index contributed by atoms with van der Waals surface area (Å²) in [5.41, 5.74) is 3.79. The van der Waals surface area contributed by atoms with Crippen LogP contribution in [-0.2, 0) is 0 Å². The molecule has 0 bridgehead atoms. The number of rotatable bonds is 3. The van der Waals surface area contributed by atoms with Crippen molar-refractivity contribution in [3.8, 4) is 11.6 Å². The van der Waals surface area contributed by atoms with Crippen molar-refractivity contribution in [1.82, 2.24) is 4.98 Å². The molecule has 2 heterocycles. The van der Waals surface area contributed by atoms with E-state index in [-0.39, 0.29) is 0 Å². The molecule has 0 amide bonds. The fourth-order valence-electron chi connectivity index (χ4n) is 2.58. The summed E-state index contributed by atoms with van der Waals surface area (Å²) >= 11 is 0.401. The molecule has 108 valence electrons. The van der Waals surface area contributed by atoms with Crippen LogP contribution in [-0.4, -0.2) is 19.5 Å². The van der Waals surface area contributed by atoms with Gasteiger partial charge in [-0.25, -0.2) is 0 Å². The molecule has 0 aliphatic carbocycles. The van der Waals surface area contributed by atoms with Gasteiger partial charge in [0, 0.05) is 0 Å². The Hall–Kier alpha value is -1.57. The van der Waals surface area contributed by atoms with Crippen molar-refractivity contribution in [3.05, 3.63) is 52.1 Å². The van der Waals surface area contributed by atoms with Gasteiger partial charge in [0.25, 0.3) is 0 Å². The Kier molecular flexibility index (Phi) is 3.88. The third-order valence-corrected chi connectivity index (χ3v) is 5.54. The van der Waals surface area contributed by atoms with Gasteiger partial charge in [0.05, 0.1) is 0 Å². The summed E-state index contributed by atoms with van der Waals surface area (Å²) in [7, 11) is 0. The molecule has 0 aliphatic heterocycles. The average molecular weight is 344 g/mol. The van der Waals surface area contributed by atoms with Crippen LogP contribution in [0.15, 0.2) is 35.4 Å². The monoisotopic (exact) mass is 345 g/mol. The predicted molar refractivity (Wildman–Crippen MR) is 88.8 cm³/mol. The van der Waals surface area contributed by atoms with Crippen molar-refractivity contribution in [2.75, 3.05) is 0 Å². The molecule has 3 heteroatoms. The van der Waals surface area contributed by atoms with E-state index in [0.717, 1.165) is 11.6 Å². The molecule has 0 atom stereocenters. The summed E-state index contributed by atoms with van der Waals surface area (Å²) in [5, 5.41) is 1.21. The first kappa shape index (κ1) is 14.4. The van der Waals surface area contributed by atoms with Crippen molar-refractivity contribution in [3.63, 3.8) is 0 Å². The molecular weight excluding hydrogens is 325 g/mol. The molecule has 0 N–H and O–H groups in total. The fraction of sp³-hybridized carbons (Fsp3) is 0.278. The molecule has 2 aromatic heterocycles. The quantitative estimate of drug-likeness (QED) is 0.635. The minimum atomic E-state index is 0.401. The van der Waals surface area contributed by atoms with Crippen LogP contribution in [0.3, 0.4) is 0 Å². The van der Waals surface area contributed by atoms with E-state index in [1.807, 2.05) is 6.20 Å². The van der Waals surface area contributed by atoms with E-state index < -0.39 is 0 Å². The normalized spacial score (nSPS) is 11.3. The summed E-state index contributed by atoms with van der Waals surface area (Å²) < 4.78 is 7.50. The average Bonchev–Trinajstić information content (AvgIpc) is 2.82. The van der Waals surface area contributed by atoms with E-state index in [1.54, 1.807) is 0 Å². The van der Waals surface area contributed by atoms with Crippen LogP contribution in [0, 0.1) is 13.8 Å². The number of hydrogen-bond donors (Lipinski definition) is 0. The number of hydrogen-bond acceptors (Lipinski definition) is 2. The number of aromatic nitrogens is 1. The molecule has 0 saturated heterocycles. The van der Waals surface area contributed by atoms with Crippen molar-refractivity contribution in [1.29, 1.82) is 0 Å². The Balaban J connectivity index is 2.09. The Labute approximate surface area is 131 Å². The zero-order valence-corrected chi connectivity index (χ0v) is 14.5. The predicted octanol–water partition coefficient (Wildman–Crippen LogP) is 4.82. The molecule has 1 aromatic carbocycles. The number of pyridine rings is 1. The van der Waals surface area contributed by atoms with Gasteiger partial charge in [0.15, 0.2) is 0 Å². The molecule has 2 nitrogen and oxygen atoms in total. The Morgan fingerprint density at radius 1 is 1.10 bits per heavy atom. The van der Waals surface area contributed by atoms with E-state index >= 15 is 0 Å². The summed E-state index contributed by atoms with van der Waals surface area (Å²) in [5.74, 6) is 2.12. The number of benzene rings is 1. The van der Waals surface area contributed by atoms with Crippen LogP contribution in [0.4, 0.5) is 0 Å². The molecule has 0 aliphatic rings. The first-order valence-corrected chi connectivity index (χ1v) is 9.01. The molecule has 0 spiro atoms.